The van der Waals surface area contributed by atoms with Crippen molar-refractivity contribution in [3.63, 3.8) is 0 Å². The number of hydrogen-bond donors (Lipinski definition) is 1. The van der Waals surface area contributed by atoms with Gasteiger partial charge < -0.3 is 5.32 Å². The summed E-state index contributed by atoms with van der Waals surface area (Å²) in [5.74, 6) is -0.155. The highest BCUT2D eigenvalue weighted by Gasteiger charge is 2.32. The van der Waals surface area contributed by atoms with Gasteiger partial charge in [0.15, 0.2) is 0 Å². The second-order valence-electron chi connectivity index (χ2n) is 9.41. The first-order valence-corrected chi connectivity index (χ1v) is 12.4. The zero-order chi connectivity index (χ0) is 22.9. The van der Waals surface area contributed by atoms with Gasteiger partial charge in [-0.05, 0) is 67.3 Å². The van der Waals surface area contributed by atoms with Crippen LogP contribution in [0.25, 0.3) is 11.0 Å². The SMILES string of the molecule is CCc1cccc2c1CCCC2N1CCC(n2c(=O)n(CC(=O)NC)c3ccccc32)CC1. The Labute approximate surface area is 195 Å². The van der Waals surface area contributed by atoms with Crippen molar-refractivity contribution in [1.29, 1.82) is 0 Å². The predicted octanol–water partition coefficient (Wildman–Crippen LogP) is 3.83. The van der Waals surface area contributed by atoms with Crippen LogP contribution in [0.15, 0.2) is 47.3 Å². The number of imidazole rings is 1. The third-order valence-corrected chi connectivity index (χ3v) is 7.71. The van der Waals surface area contributed by atoms with E-state index in [1.54, 1.807) is 17.2 Å². The largest absolute Gasteiger partial charge is 0.358 e. The molecule has 174 valence electrons. The molecular formula is C27H34N4O2. The van der Waals surface area contributed by atoms with Crippen LogP contribution in [0.2, 0.25) is 0 Å². The number of aryl methyl sites for hydroxylation is 1. The molecule has 1 aliphatic heterocycles. The van der Waals surface area contributed by atoms with E-state index in [0.717, 1.165) is 43.4 Å². The zero-order valence-corrected chi connectivity index (χ0v) is 19.7. The number of likely N-dealkylation sites (tertiary alicyclic amines) is 1. The van der Waals surface area contributed by atoms with Crippen LogP contribution in [-0.2, 0) is 24.2 Å². The molecule has 1 fully saturated rings. The number of likely N-dealkylation sites (N-methyl/N-ethyl adjacent to an activating group) is 1. The number of carbonyl (C=O) groups excluding carboxylic acids is 1. The normalized spacial score (nSPS) is 19.5. The minimum Gasteiger partial charge on any atom is -0.358 e. The zero-order valence-electron chi connectivity index (χ0n) is 19.7. The monoisotopic (exact) mass is 446 g/mol. The van der Waals surface area contributed by atoms with Gasteiger partial charge >= 0.3 is 5.69 Å². The Balaban J connectivity index is 1.39. The summed E-state index contributed by atoms with van der Waals surface area (Å²) >= 11 is 0. The van der Waals surface area contributed by atoms with Crippen LogP contribution in [0.5, 0.6) is 0 Å². The lowest BCUT2D eigenvalue weighted by atomic mass is 9.83. The Morgan fingerprint density at radius 1 is 1.03 bits per heavy atom. The molecular weight excluding hydrogens is 412 g/mol. The number of nitrogens with zero attached hydrogens (tertiary/aromatic N) is 3. The van der Waals surface area contributed by atoms with E-state index < -0.39 is 0 Å². The van der Waals surface area contributed by atoms with Gasteiger partial charge in [-0.1, -0.05) is 37.3 Å². The van der Waals surface area contributed by atoms with Gasteiger partial charge in [0.1, 0.15) is 6.54 Å². The summed E-state index contributed by atoms with van der Waals surface area (Å²) in [6.45, 7) is 4.29. The number of benzene rings is 2. The Bertz CT molecular complexity index is 1220. The van der Waals surface area contributed by atoms with Crippen molar-refractivity contribution in [1.82, 2.24) is 19.4 Å². The van der Waals surface area contributed by atoms with Crippen LogP contribution in [0.3, 0.4) is 0 Å². The van der Waals surface area contributed by atoms with Crippen LogP contribution in [0.1, 0.15) is 61.4 Å². The number of fused-ring (bicyclic) bond motifs is 2. The number of piperidine rings is 1. The molecule has 3 aromatic rings. The van der Waals surface area contributed by atoms with Gasteiger partial charge in [-0.25, -0.2) is 4.79 Å². The Morgan fingerprint density at radius 3 is 2.52 bits per heavy atom. The summed E-state index contributed by atoms with van der Waals surface area (Å²) < 4.78 is 3.56. The summed E-state index contributed by atoms with van der Waals surface area (Å²) in [5, 5.41) is 2.64. The molecule has 0 bridgehead atoms. The smallest absolute Gasteiger partial charge is 0.329 e. The molecule has 2 aromatic carbocycles. The second-order valence-corrected chi connectivity index (χ2v) is 9.41. The molecule has 1 unspecified atom stereocenters. The van der Waals surface area contributed by atoms with Gasteiger partial charge in [0.25, 0.3) is 0 Å². The molecule has 1 aromatic heterocycles. The maximum absolute atomic E-state index is 13.4. The van der Waals surface area contributed by atoms with Crippen molar-refractivity contribution in [2.45, 2.75) is 64.1 Å². The van der Waals surface area contributed by atoms with Crippen LogP contribution in [0, 0.1) is 0 Å². The van der Waals surface area contributed by atoms with E-state index in [9.17, 15) is 9.59 Å². The molecule has 2 heterocycles. The fourth-order valence-corrected chi connectivity index (χ4v) is 6.03. The number of para-hydroxylation sites is 2. The second kappa shape index (κ2) is 9.18. The summed E-state index contributed by atoms with van der Waals surface area (Å²) in [6.07, 6.45) is 6.67. The first-order valence-electron chi connectivity index (χ1n) is 12.4. The van der Waals surface area contributed by atoms with E-state index in [-0.39, 0.29) is 24.2 Å². The average Bonchev–Trinajstić information content (AvgIpc) is 3.14. The first-order chi connectivity index (χ1) is 16.1. The van der Waals surface area contributed by atoms with Crippen LogP contribution in [0.4, 0.5) is 0 Å². The highest BCUT2D eigenvalue weighted by Crippen LogP contribution is 2.38. The van der Waals surface area contributed by atoms with Crippen molar-refractivity contribution in [3.8, 4) is 0 Å². The van der Waals surface area contributed by atoms with Crippen LogP contribution >= 0.6 is 0 Å². The predicted molar refractivity (Wildman–Crippen MR) is 132 cm³/mol. The topological polar surface area (TPSA) is 59.3 Å². The Hall–Kier alpha value is -2.86. The van der Waals surface area contributed by atoms with E-state index in [2.05, 4.69) is 35.3 Å². The summed E-state index contributed by atoms with van der Waals surface area (Å²) in [5.41, 5.74) is 6.30. The van der Waals surface area contributed by atoms with E-state index in [0.29, 0.717) is 6.04 Å². The summed E-state index contributed by atoms with van der Waals surface area (Å²) in [4.78, 5) is 28.1. The lowest BCUT2D eigenvalue weighted by Gasteiger charge is -2.41. The number of carbonyl (C=O) groups is 1. The van der Waals surface area contributed by atoms with Gasteiger partial charge in [-0.2, -0.15) is 0 Å². The average molecular weight is 447 g/mol. The lowest BCUT2D eigenvalue weighted by Crippen LogP contribution is -2.41. The molecule has 0 saturated carbocycles. The minimum absolute atomic E-state index is 0.0559. The highest BCUT2D eigenvalue weighted by molar-refractivity contribution is 5.80. The van der Waals surface area contributed by atoms with Crippen molar-refractivity contribution in [2.75, 3.05) is 20.1 Å². The van der Waals surface area contributed by atoms with Crippen LogP contribution < -0.4 is 11.0 Å². The van der Waals surface area contributed by atoms with Gasteiger partial charge in [0, 0.05) is 32.2 Å². The van der Waals surface area contributed by atoms with Crippen molar-refractivity contribution >= 4 is 16.9 Å². The molecule has 5 rings (SSSR count). The fourth-order valence-electron chi connectivity index (χ4n) is 6.03. The quantitative estimate of drug-likeness (QED) is 0.648. The molecule has 6 heteroatoms. The number of nitrogens with one attached hydrogen (secondary N) is 1. The van der Waals surface area contributed by atoms with E-state index in [1.165, 1.54) is 30.4 Å². The molecule has 1 aliphatic carbocycles. The molecule has 1 atom stereocenters. The maximum atomic E-state index is 13.4. The number of aromatic nitrogens is 2. The third-order valence-electron chi connectivity index (χ3n) is 7.71. The number of hydrogen-bond acceptors (Lipinski definition) is 3. The van der Waals surface area contributed by atoms with E-state index in [1.807, 2.05) is 28.8 Å². The van der Waals surface area contributed by atoms with Gasteiger partial charge in [0.2, 0.25) is 5.91 Å². The molecule has 1 amide bonds. The standard InChI is InChI=1S/C27H34N4O2/c1-3-19-8-6-10-22-21(19)9-7-13-23(22)29-16-14-20(15-17-29)31-25-12-5-4-11-24(25)30(27(31)33)18-26(32)28-2/h4-6,8,10-12,20,23H,3,7,9,13-18H2,1-2H3,(H,28,32). The first kappa shape index (κ1) is 22.0. The fraction of sp³-hybridized carbons (Fsp3) is 0.481. The molecule has 0 spiro atoms. The lowest BCUT2D eigenvalue weighted by molar-refractivity contribution is -0.121. The van der Waals surface area contributed by atoms with E-state index >= 15 is 0 Å². The van der Waals surface area contributed by atoms with Gasteiger partial charge in [-0.15, -0.1) is 0 Å². The highest BCUT2D eigenvalue weighted by atomic mass is 16.2. The van der Waals surface area contributed by atoms with Gasteiger partial charge in [-0.3, -0.25) is 18.8 Å². The molecule has 0 radical (unpaired) electrons. The molecule has 1 saturated heterocycles. The van der Waals surface area contributed by atoms with Crippen molar-refractivity contribution in [2.24, 2.45) is 0 Å². The van der Waals surface area contributed by atoms with Crippen LogP contribution in [-0.4, -0.2) is 40.1 Å². The van der Waals surface area contributed by atoms with E-state index in [4.69, 9.17) is 0 Å². The Kier molecular flexibility index (Phi) is 6.11. The molecule has 2 aliphatic rings. The third kappa shape index (κ3) is 3.90. The molecule has 6 nitrogen and oxygen atoms in total. The maximum Gasteiger partial charge on any atom is 0.329 e. The number of rotatable bonds is 5. The minimum atomic E-state index is -0.155. The number of amides is 1. The van der Waals surface area contributed by atoms with Crippen molar-refractivity contribution < 1.29 is 4.79 Å². The Morgan fingerprint density at radius 2 is 1.79 bits per heavy atom. The molecule has 33 heavy (non-hydrogen) atoms. The molecule has 1 N–H and O–H groups in total. The van der Waals surface area contributed by atoms with Crippen molar-refractivity contribution in [3.05, 3.63) is 69.6 Å². The summed E-state index contributed by atoms with van der Waals surface area (Å²) in [6, 6.07) is 15.4. The van der Waals surface area contributed by atoms with Gasteiger partial charge in [0.05, 0.1) is 11.0 Å². The summed E-state index contributed by atoms with van der Waals surface area (Å²) in [7, 11) is 1.61.